The third-order valence-corrected chi connectivity index (χ3v) is 6.40. The molecule has 4 rings (SSSR count). The number of anilines is 2. The lowest BCUT2D eigenvalue weighted by atomic mass is 9.91. The Morgan fingerprint density at radius 3 is 2.54 bits per heavy atom. The number of pyridine rings is 1. The zero-order chi connectivity index (χ0) is 25.2. The summed E-state index contributed by atoms with van der Waals surface area (Å²) in [6, 6.07) is 13.5. The average Bonchev–Trinajstić information content (AvgIpc) is 2.80. The standard InChI is InChI=1S/C24H24F3N3O4S/c1-35(32,33)29-13-17-11-20-21(30(14-17)19-7-5-18(6-8-19)24(25,26)27)3-2-4-22(20)34-15-16-9-10-28-23(31)12-16/h2-10,12,17,29H,11,13-15H2,1H3,(H,28,31). The smallest absolute Gasteiger partial charge is 0.416 e. The van der Waals surface area contributed by atoms with Gasteiger partial charge in [-0.25, -0.2) is 13.1 Å². The molecule has 0 amide bonds. The minimum atomic E-state index is -4.44. The second-order valence-corrected chi connectivity index (χ2v) is 10.3. The van der Waals surface area contributed by atoms with Gasteiger partial charge in [0.2, 0.25) is 15.6 Å². The number of aromatic amines is 1. The van der Waals surface area contributed by atoms with Gasteiger partial charge in [-0.05, 0) is 60.4 Å². The molecule has 0 fully saturated rings. The molecule has 2 heterocycles. The first-order valence-electron chi connectivity index (χ1n) is 10.8. The van der Waals surface area contributed by atoms with Gasteiger partial charge in [0.25, 0.3) is 0 Å². The predicted octanol–water partition coefficient (Wildman–Crippen LogP) is 3.83. The molecule has 2 aromatic carbocycles. The summed E-state index contributed by atoms with van der Waals surface area (Å²) in [7, 11) is -3.42. The van der Waals surface area contributed by atoms with E-state index < -0.39 is 21.8 Å². The number of nitrogens with zero attached hydrogens (tertiary/aromatic N) is 1. The molecule has 1 aliphatic rings. The zero-order valence-corrected chi connectivity index (χ0v) is 19.6. The highest BCUT2D eigenvalue weighted by Crippen LogP contribution is 2.41. The van der Waals surface area contributed by atoms with E-state index in [1.807, 2.05) is 11.0 Å². The summed E-state index contributed by atoms with van der Waals surface area (Å²) in [6.07, 6.45) is -1.34. The van der Waals surface area contributed by atoms with E-state index in [9.17, 15) is 26.4 Å². The van der Waals surface area contributed by atoms with Crippen molar-refractivity contribution in [1.82, 2.24) is 9.71 Å². The van der Waals surface area contributed by atoms with Crippen molar-refractivity contribution in [1.29, 1.82) is 0 Å². The van der Waals surface area contributed by atoms with Crippen LogP contribution in [0.25, 0.3) is 0 Å². The average molecular weight is 508 g/mol. The molecule has 2 N–H and O–H groups in total. The Morgan fingerprint density at radius 2 is 1.89 bits per heavy atom. The number of rotatable bonds is 7. The van der Waals surface area contributed by atoms with Crippen molar-refractivity contribution >= 4 is 21.4 Å². The number of H-pyrrole nitrogens is 1. The number of alkyl halides is 3. The van der Waals surface area contributed by atoms with Crippen molar-refractivity contribution in [2.24, 2.45) is 5.92 Å². The first-order chi connectivity index (χ1) is 16.5. The van der Waals surface area contributed by atoms with Crippen molar-refractivity contribution < 1.29 is 26.3 Å². The van der Waals surface area contributed by atoms with Gasteiger partial charge < -0.3 is 14.6 Å². The fraction of sp³-hybridized carbons (Fsp3) is 0.292. The van der Waals surface area contributed by atoms with Crippen LogP contribution in [0, 0.1) is 5.92 Å². The van der Waals surface area contributed by atoms with E-state index in [4.69, 9.17) is 4.74 Å². The van der Waals surface area contributed by atoms with Crippen molar-refractivity contribution in [2.75, 3.05) is 24.2 Å². The van der Waals surface area contributed by atoms with Crippen LogP contribution in [0.4, 0.5) is 24.5 Å². The number of aromatic nitrogens is 1. The van der Waals surface area contributed by atoms with Crippen LogP contribution in [0.3, 0.4) is 0 Å². The fourth-order valence-electron chi connectivity index (χ4n) is 4.08. The third-order valence-electron chi connectivity index (χ3n) is 5.71. The molecule has 0 bridgehead atoms. The van der Waals surface area contributed by atoms with Crippen molar-refractivity contribution in [3.05, 3.63) is 87.8 Å². The van der Waals surface area contributed by atoms with Gasteiger partial charge in [0.05, 0.1) is 11.8 Å². The van der Waals surface area contributed by atoms with E-state index in [1.165, 1.54) is 24.4 Å². The lowest BCUT2D eigenvalue weighted by Crippen LogP contribution is -2.39. The summed E-state index contributed by atoms with van der Waals surface area (Å²) >= 11 is 0. The van der Waals surface area contributed by atoms with Crippen LogP contribution >= 0.6 is 0 Å². The predicted molar refractivity (Wildman–Crippen MR) is 126 cm³/mol. The van der Waals surface area contributed by atoms with E-state index in [2.05, 4.69) is 9.71 Å². The summed E-state index contributed by atoms with van der Waals surface area (Å²) in [6.45, 7) is 0.711. The highest BCUT2D eigenvalue weighted by atomic mass is 32.2. The zero-order valence-electron chi connectivity index (χ0n) is 18.8. The van der Waals surface area contributed by atoms with Crippen LogP contribution in [0.5, 0.6) is 5.75 Å². The maximum absolute atomic E-state index is 13.1. The summed E-state index contributed by atoms with van der Waals surface area (Å²) < 4.78 is 71.1. The Hall–Kier alpha value is -3.31. The minimum Gasteiger partial charge on any atom is -0.489 e. The molecule has 1 unspecified atom stereocenters. The normalized spacial score (nSPS) is 16.1. The Labute approximate surface area is 200 Å². The van der Waals surface area contributed by atoms with Gasteiger partial charge in [-0.2, -0.15) is 13.2 Å². The third kappa shape index (κ3) is 6.23. The van der Waals surface area contributed by atoms with Gasteiger partial charge in [-0.15, -0.1) is 0 Å². The Balaban J connectivity index is 1.67. The molecule has 35 heavy (non-hydrogen) atoms. The van der Waals surface area contributed by atoms with E-state index in [0.717, 1.165) is 29.6 Å². The second-order valence-electron chi connectivity index (χ2n) is 8.45. The molecule has 0 aliphatic carbocycles. The Kier molecular flexibility index (Phi) is 6.91. The van der Waals surface area contributed by atoms with Crippen LogP contribution in [0.1, 0.15) is 16.7 Å². The maximum atomic E-state index is 13.1. The van der Waals surface area contributed by atoms with E-state index in [-0.39, 0.29) is 24.6 Å². The lowest BCUT2D eigenvalue weighted by molar-refractivity contribution is -0.137. The second kappa shape index (κ2) is 9.74. The van der Waals surface area contributed by atoms with Crippen molar-refractivity contribution in [2.45, 2.75) is 19.2 Å². The molecule has 1 aromatic heterocycles. The topological polar surface area (TPSA) is 91.5 Å². The molecule has 0 radical (unpaired) electrons. The van der Waals surface area contributed by atoms with Gasteiger partial charge in [0, 0.05) is 42.3 Å². The number of benzene rings is 2. The molecule has 3 aromatic rings. The highest BCUT2D eigenvalue weighted by molar-refractivity contribution is 7.88. The molecule has 0 saturated carbocycles. The molecule has 186 valence electrons. The molecule has 0 saturated heterocycles. The van der Waals surface area contributed by atoms with Gasteiger partial charge in [-0.3, -0.25) is 4.79 Å². The van der Waals surface area contributed by atoms with Gasteiger partial charge in [0.15, 0.2) is 0 Å². The number of sulfonamides is 1. The van der Waals surface area contributed by atoms with Gasteiger partial charge >= 0.3 is 6.18 Å². The van der Waals surface area contributed by atoms with Gasteiger partial charge in [0.1, 0.15) is 12.4 Å². The lowest BCUT2D eigenvalue weighted by Gasteiger charge is -2.37. The molecule has 1 atom stereocenters. The fourth-order valence-corrected chi connectivity index (χ4v) is 4.62. The number of hydrogen-bond acceptors (Lipinski definition) is 5. The van der Waals surface area contributed by atoms with Crippen LogP contribution in [-0.4, -0.2) is 32.7 Å². The molecule has 11 heteroatoms. The molecule has 1 aliphatic heterocycles. The number of ether oxygens (including phenoxy) is 1. The summed E-state index contributed by atoms with van der Waals surface area (Å²) in [5.41, 5.74) is 1.81. The summed E-state index contributed by atoms with van der Waals surface area (Å²) in [5, 5.41) is 0. The van der Waals surface area contributed by atoms with Crippen LogP contribution < -0.4 is 19.9 Å². The van der Waals surface area contributed by atoms with Gasteiger partial charge in [-0.1, -0.05) is 6.07 Å². The summed E-state index contributed by atoms with van der Waals surface area (Å²) in [4.78, 5) is 16.0. The van der Waals surface area contributed by atoms with Crippen molar-refractivity contribution in [3.63, 3.8) is 0 Å². The Bertz CT molecular complexity index is 1360. The minimum absolute atomic E-state index is 0.146. The quantitative estimate of drug-likeness (QED) is 0.507. The molecular formula is C24H24F3N3O4S. The number of hydrogen-bond donors (Lipinski definition) is 2. The largest absolute Gasteiger partial charge is 0.489 e. The first kappa shape index (κ1) is 24.8. The highest BCUT2D eigenvalue weighted by Gasteiger charge is 2.32. The monoisotopic (exact) mass is 507 g/mol. The Morgan fingerprint density at radius 1 is 1.14 bits per heavy atom. The number of nitrogens with one attached hydrogen (secondary N) is 2. The first-order valence-corrected chi connectivity index (χ1v) is 12.7. The number of fused-ring (bicyclic) bond motifs is 1. The number of halogens is 3. The van der Waals surface area contributed by atoms with E-state index in [1.54, 1.807) is 18.2 Å². The van der Waals surface area contributed by atoms with Crippen LogP contribution in [-0.2, 0) is 29.2 Å². The van der Waals surface area contributed by atoms with Crippen LogP contribution in [0.2, 0.25) is 0 Å². The van der Waals surface area contributed by atoms with Crippen molar-refractivity contribution in [3.8, 4) is 5.75 Å². The van der Waals surface area contributed by atoms with E-state index >= 15 is 0 Å². The molecule has 7 nitrogen and oxygen atoms in total. The summed E-state index contributed by atoms with van der Waals surface area (Å²) in [5.74, 6) is 0.396. The molecule has 0 spiro atoms. The van der Waals surface area contributed by atoms with E-state index in [0.29, 0.717) is 30.0 Å². The molecular weight excluding hydrogens is 483 g/mol. The van der Waals surface area contributed by atoms with Crippen LogP contribution in [0.15, 0.2) is 65.6 Å². The SMILES string of the molecule is CS(=O)(=O)NCC1Cc2c(OCc3cc[nH]c(=O)c3)cccc2N(c2ccc(C(F)(F)F)cc2)C1. The maximum Gasteiger partial charge on any atom is 0.416 e.